The van der Waals surface area contributed by atoms with E-state index in [4.69, 9.17) is 0 Å². The van der Waals surface area contributed by atoms with Gasteiger partial charge in [-0.15, -0.1) is 0 Å². The van der Waals surface area contributed by atoms with E-state index in [0.717, 1.165) is 5.92 Å². The second-order valence-corrected chi connectivity index (χ2v) is 5.90. The van der Waals surface area contributed by atoms with Crippen LogP contribution in [0.3, 0.4) is 0 Å². The monoisotopic (exact) mass is 255 g/mol. The van der Waals surface area contributed by atoms with Crippen molar-refractivity contribution >= 4 is 0 Å². The fourth-order valence-corrected chi connectivity index (χ4v) is 2.74. The molecule has 3 nitrogen and oxygen atoms in total. The molecule has 18 heavy (non-hydrogen) atoms. The van der Waals surface area contributed by atoms with E-state index in [1.165, 1.54) is 58.7 Å². The first-order valence-corrected chi connectivity index (χ1v) is 7.83. The molecule has 1 unspecified atom stereocenters. The Morgan fingerprint density at radius 3 is 2.61 bits per heavy atom. The SMILES string of the molecule is CCN(CC)CCCN1CCC(CNC(C)C)C1. The van der Waals surface area contributed by atoms with Crippen LogP contribution in [0.1, 0.15) is 40.5 Å². The Bertz CT molecular complexity index is 202. The molecule has 0 spiro atoms. The molecule has 1 rings (SSSR count). The predicted molar refractivity (Wildman–Crippen MR) is 80.1 cm³/mol. The van der Waals surface area contributed by atoms with E-state index in [0.29, 0.717) is 6.04 Å². The maximum Gasteiger partial charge on any atom is 0.00223 e. The first-order chi connectivity index (χ1) is 8.65. The topological polar surface area (TPSA) is 18.5 Å². The average Bonchev–Trinajstić information content (AvgIpc) is 2.80. The number of rotatable bonds is 9. The molecule has 0 saturated carbocycles. The summed E-state index contributed by atoms with van der Waals surface area (Å²) in [7, 11) is 0. The van der Waals surface area contributed by atoms with Crippen molar-refractivity contribution in [1.82, 2.24) is 15.1 Å². The molecule has 108 valence electrons. The Labute approximate surface area is 114 Å². The van der Waals surface area contributed by atoms with Crippen LogP contribution < -0.4 is 5.32 Å². The zero-order chi connectivity index (χ0) is 13.4. The lowest BCUT2D eigenvalue weighted by atomic mass is 10.1. The zero-order valence-electron chi connectivity index (χ0n) is 12.9. The number of hydrogen-bond donors (Lipinski definition) is 1. The molecular weight excluding hydrogens is 222 g/mol. The Kier molecular flexibility index (Phi) is 7.87. The Balaban J connectivity index is 2.07. The van der Waals surface area contributed by atoms with Gasteiger partial charge in [0, 0.05) is 12.6 Å². The lowest BCUT2D eigenvalue weighted by Crippen LogP contribution is -2.32. The first kappa shape index (κ1) is 15.9. The maximum absolute atomic E-state index is 3.57. The van der Waals surface area contributed by atoms with Crippen molar-refractivity contribution < 1.29 is 0 Å². The van der Waals surface area contributed by atoms with Crippen molar-refractivity contribution in [2.24, 2.45) is 5.92 Å². The molecule has 1 atom stereocenters. The molecule has 1 N–H and O–H groups in total. The molecule has 0 aromatic carbocycles. The fourth-order valence-electron chi connectivity index (χ4n) is 2.74. The highest BCUT2D eigenvalue weighted by Gasteiger charge is 2.21. The third-order valence-corrected chi connectivity index (χ3v) is 4.03. The normalized spacial score (nSPS) is 21.3. The van der Waals surface area contributed by atoms with Gasteiger partial charge < -0.3 is 15.1 Å². The average molecular weight is 255 g/mol. The van der Waals surface area contributed by atoms with E-state index in [1.807, 2.05) is 0 Å². The molecule has 1 aliphatic rings. The summed E-state index contributed by atoms with van der Waals surface area (Å²) in [6.45, 7) is 17.7. The molecule has 1 fully saturated rings. The van der Waals surface area contributed by atoms with Crippen LogP contribution in [0.2, 0.25) is 0 Å². The highest BCUT2D eigenvalue weighted by Crippen LogP contribution is 2.15. The van der Waals surface area contributed by atoms with Crippen LogP contribution in [0.5, 0.6) is 0 Å². The van der Waals surface area contributed by atoms with Gasteiger partial charge in [-0.2, -0.15) is 0 Å². The van der Waals surface area contributed by atoms with Gasteiger partial charge in [0.2, 0.25) is 0 Å². The Morgan fingerprint density at radius 2 is 2.00 bits per heavy atom. The van der Waals surface area contributed by atoms with Crippen LogP contribution >= 0.6 is 0 Å². The summed E-state index contributed by atoms with van der Waals surface area (Å²) in [5.41, 5.74) is 0. The highest BCUT2D eigenvalue weighted by atomic mass is 15.2. The van der Waals surface area contributed by atoms with Crippen LogP contribution in [-0.2, 0) is 0 Å². The van der Waals surface area contributed by atoms with Gasteiger partial charge in [0.15, 0.2) is 0 Å². The fraction of sp³-hybridized carbons (Fsp3) is 1.00. The molecule has 0 aliphatic carbocycles. The Morgan fingerprint density at radius 1 is 1.28 bits per heavy atom. The van der Waals surface area contributed by atoms with Crippen LogP contribution in [0.25, 0.3) is 0 Å². The lowest BCUT2D eigenvalue weighted by molar-refractivity contribution is 0.258. The van der Waals surface area contributed by atoms with Gasteiger partial charge in [-0.3, -0.25) is 0 Å². The summed E-state index contributed by atoms with van der Waals surface area (Å²) in [5, 5.41) is 3.57. The largest absolute Gasteiger partial charge is 0.314 e. The van der Waals surface area contributed by atoms with Gasteiger partial charge in [0.1, 0.15) is 0 Å². The lowest BCUT2D eigenvalue weighted by Gasteiger charge is -2.21. The molecule has 0 bridgehead atoms. The maximum atomic E-state index is 3.57. The molecule has 0 amide bonds. The third kappa shape index (κ3) is 6.17. The molecule has 1 saturated heterocycles. The minimum Gasteiger partial charge on any atom is -0.314 e. The smallest absolute Gasteiger partial charge is 0.00223 e. The quantitative estimate of drug-likeness (QED) is 0.680. The second kappa shape index (κ2) is 8.89. The molecule has 0 radical (unpaired) electrons. The molecule has 1 aliphatic heterocycles. The molecule has 0 aromatic heterocycles. The zero-order valence-corrected chi connectivity index (χ0v) is 12.9. The van der Waals surface area contributed by atoms with Crippen LogP contribution in [0.15, 0.2) is 0 Å². The van der Waals surface area contributed by atoms with E-state index >= 15 is 0 Å². The minimum atomic E-state index is 0.627. The summed E-state index contributed by atoms with van der Waals surface area (Å²) < 4.78 is 0. The summed E-state index contributed by atoms with van der Waals surface area (Å²) in [6.07, 6.45) is 2.71. The van der Waals surface area contributed by atoms with Crippen molar-refractivity contribution in [1.29, 1.82) is 0 Å². The van der Waals surface area contributed by atoms with Gasteiger partial charge in [0.05, 0.1) is 0 Å². The van der Waals surface area contributed by atoms with Crippen molar-refractivity contribution in [3.8, 4) is 0 Å². The van der Waals surface area contributed by atoms with Crippen molar-refractivity contribution in [2.75, 3.05) is 45.8 Å². The highest BCUT2D eigenvalue weighted by molar-refractivity contribution is 4.77. The van der Waals surface area contributed by atoms with Gasteiger partial charge in [-0.1, -0.05) is 27.7 Å². The van der Waals surface area contributed by atoms with Gasteiger partial charge in [-0.05, 0) is 58.0 Å². The van der Waals surface area contributed by atoms with Crippen molar-refractivity contribution in [2.45, 2.75) is 46.6 Å². The van der Waals surface area contributed by atoms with Crippen LogP contribution in [0, 0.1) is 5.92 Å². The van der Waals surface area contributed by atoms with E-state index in [9.17, 15) is 0 Å². The molecule has 0 aromatic rings. The van der Waals surface area contributed by atoms with Crippen LogP contribution in [0.4, 0.5) is 0 Å². The van der Waals surface area contributed by atoms with Crippen molar-refractivity contribution in [3.05, 3.63) is 0 Å². The van der Waals surface area contributed by atoms with E-state index in [-0.39, 0.29) is 0 Å². The number of nitrogens with zero attached hydrogens (tertiary/aromatic N) is 2. The van der Waals surface area contributed by atoms with E-state index in [1.54, 1.807) is 0 Å². The minimum absolute atomic E-state index is 0.627. The number of nitrogens with one attached hydrogen (secondary N) is 1. The standard InChI is InChI=1S/C15H33N3/c1-5-17(6-2)9-7-10-18-11-8-15(13-18)12-16-14(3)4/h14-16H,5-13H2,1-4H3. The molecule has 3 heteroatoms. The van der Waals surface area contributed by atoms with Crippen LogP contribution in [-0.4, -0.2) is 61.7 Å². The van der Waals surface area contributed by atoms with Crippen molar-refractivity contribution in [3.63, 3.8) is 0 Å². The number of hydrogen-bond acceptors (Lipinski definition) is 3. The molecule has 1 heterocycles. The third-order valence-electron chi connectivity index (χ3n) is 4.03. The van der Waals surface area contributed by atoms with E-state index < -0.39 is 0 Å². The summed E-state index contributed by atoms with van der Waals surface area (Å²) in [6, 6.07) is 0.627. The summed E-state index contributed by atoms with van der Waals surface area (Å²) in [4.78, 5) is 5.17. The Hall–Kier alpha value is -0.120. The number of likely N-dealkylation sites (tertiary alicyclic amines) is 1. The van der Waals surface area contributed by atoms with Gasteiger partial charge in [0.25, 0.3) is 0 Å². The van der Waals surface area contributed by atoms with Gasteiger partial charge in [-0.25, -0.2) is 0 Å². The molecular formula is C15H33N3. The van der Waals surface area contributed by atoms with E-state index in [2.05, 4.69) is 42.8 Å². The first-order valence-electron chi connectivity index (χ1n) is 7.83. The van der Waals surface area contributed by atoms with Gasteiger partial charge >= 0.3 is 0 Å². The second-order valence-electron chi connectivity index (χ2n) is 5.90. The summed E-state index contributed by atoms with van der Waals surface area (Å²) in [5.74, 6) is 0.876. The summed E-state index contributed by atoms with van der Waals surface area (Å²) >= 11 is 0. The predicted octanol–water partition coefficient (Wildman–Crippen LogP) is 2.04.